The van der Waals surface area contributed by atoms with E-state index in [1.54, 1.807) is 13.2 Å². The number of hydrogen-bond acceptors (Lipinski definition) is 3. The molecule has 0 bridgehead atoms. The molecular weight excluding hydrogens is 308 g/mol. The molecule has 2 rings (SSSR count). The molecule has 0 saturated carbocycles. The predicted molar refractivity (Wildman–Crippen MR) is 78.4 cm³/mol. The lowest BCUT2D eigenvalue weighted by molar-refractivity contribution is 0.0663. The van der Waals surface area contributed by atoms with Crippen molar-refractivity contribution in [3.05, 3.63) is 28.2 Å². The molecule has 19 heavy (non-hydrogen) atoms. The lowest BCUT2D eigenvalue weighted by atomic mass is 9.94. The van der Waals surface area contributed by atoms with Crippen molar-refractivity contribution in [3.8, 4) is 5.75 Å². The molecule has 1 amide bonds. The average molecular weight is 327 g/mol. The molecule has 1 aromatic rings. The van der Waals surface area contributed by atoms with Crippen LogP contribution in [0.2, 0.25) is 0 Å². The van der Waals surface area contributed by atoms with Crippen LogP contribution in [0.3, 0.4) is 0 Å². The molecule has 1 saturated heterocycles. The number of likely N-dealkylation sites (tertiary alicyclic amines) is 1. The quantitative estimate of drug-likeness (QED) is 0.907. The lowest BCUT2D eigenvalue weighted by Gasteiger charge is -2.35. The Morgan fingerprint density at radius 1 is 1.53 bits per heavy atom. The fourth-order valence-corrected chi connectivity index (χ4v) is 2.73. The molecule has 1 aliphatic rings. The molecule has 104 valence electrons. The maximum Gasteiger partial charge on any atom is 0.255 e. The van der Waals surface area contributed by atoms with Gasteiger partial charge in [0.1, 0.15) is 5.75 Å². The van der Waals surface area contributed by atoms with Gasteiger partial charge in [-0.2, -0.15) is 0 Å². The first kappa shape index (κ1) is 14.3. The molecule has 0 radical (unpaired) electrons. The minimum atomic E-state index is 0.0320. The van der Waals surface area contributed by atoms with Gasteiger partial charge in [-0.05, 0) is 46.5 Å². The van der Waals surface area contributed by atoms with Crippen molar-refractivity contribution < 1.29 is 9.53 Å². The van der Waals surface area contributed by atoms with Crippen LogP contribution in [0.15, 0.2) is 22.7 Å². The van der Waals surface area contributed by atoms with Crippen LogP contribution in [0, 0.1) is 5.92 Å². The van der Waals surface area contributed by atoms with Crippen molar-refractivity contribution >= 4 is 21.8 Å². The number of piperidine rings is 1. The number of carbonyl (C=O) groups is 1. The highest BCUT2D eigenvalue weighted by Crippen LogP contribution is 2.25. The summed E-state index contributed by atoms with van der Waals surface area (Å²) in [5, 5.41) is 0. The van der Waals surface area contributed by atoms with E-state index >= 15 is 0 Å². The fraction of sp³-hybridized carbons (Fsp3) is 0.500. The minimum absolute atomic E-state index is 0.0320. The van der Waals surface area contributed by atoms with E-state index in [0.29, 0.717) is 30.3 Å². The molecule has 2 unspecified atom stereocenters. The van der Waals surface area contributed by atoms with Crippen LogP contribution >= 0.6 is 15.9 Å². The van der Waals surface area contributed by atoms with Crippen LogP contribution in [0.5, 0.6) is 5.75 Å². The van der Waals surface area contributed by atoms with Crippen molar-refractivity contribution in [1.82, 2.24) is 4.90 Å². The molecule has 1 heterocycles. The Morgan fingerprint density at radius 3 is 2.89 bits per heavy atom. The van der Waals surface area contributed by atoms with E-state index in [0.717, 1.165) is 10.9 Å². The van der Waals surface area contributed by atoms with Gasteiger partial charge in [-0.3, -0.25) is 4.79 Å². The maximum absolute atomic E-state index is 12.5. The molecule has 1 fully saturated rings. The zero-order valence-electron chi connectivity index (χ0n) is 11.2. The molecule has 4 nitrogen and oxygen atoms in total. The smallest absolute Gasteiger partial charge is 0.255 e. The third kappa shape index (κ3) is 3.09. The number of carbonyl (C=O) groups excluding carboxylic acids is 1. The number of amides is 1. The van der Waals surface area contributed by atoms with E-state index in [1.165, 1.54) is 0 Å². The van der Waals surface area contributed by atoms with E-state index in [1.807, 2.05) is 17.0 Å². The van der Waals surface area contributed by atoms with Gasteiger partial charge in [0.2, 0.25) is 0 Å². The normalized spacial score (nSPS) is 23.3. The zero-order chi connectivity index (χ0) is 14.0. The topological polar surface area (TPSA) is 55.6 Å². The molecule has 1 aromatic carbocycles. The van der Waals surface area contributed by atoms with E-state index in [4.69, 9.17) is 10.5 Å². The van der Waals surface area contributed by atoms with Gasteiger partial charge in [-0.25, -0.2) is 0 Å². The van der Waals surface area contributed by atoms with Gasteiger partial charge in [-0.1, -0.05) is 6.92 Å². The zero-order valence-corrected chi connectivity index (χ0v) is 12.8. The predicted octanol–water partition coefficient (Wildman–Crippen LogP) is 2.27. The highest BCUT2D eigenvalue weighted by atomic mass is 79.9. The SMILES string of the molecule is COc1ccc(Br)c(C(=O)N2CCC(N)C(C)C2)c1. The van der Waals surface area contributed by atoms with Crippen LogP contribution < -0.4 is 10.5 Å². The first-order valence-corrected chi connectivity index (χ1v) is 7.20. The van der Waals surface area contributed by atoms with Crippen LogP contribution in [-0.4, -0.2) is 37.0 Å². The molecule has 0 spiro atoms. The summed E-state index contributed by atoms with van der Waals surface area (Å²) in [6, 6.07) is 5.63. The third-order valence-electron chi connectivity index (χ3n) is 3.66. The van der Waals surface area contributed by atoms with Gasteiger partial charge in [0.05, 0.1) is 12.7 Å². The van der Waals surface area contributed by atoms with Crippen molar-refractivity contribution in [1.29, 1.82) is 0 Å². The number of hydrogen-bond donors (Lipinski definition) is 1. The van der Waals surface area contributed by atoms with Crippen LogP contribution in [0.25, 0.3) is 0 Å². The number of rotatable bonds is 2. The van der Waals surface area contributed by atoms with Crippen LogP contribution in [0.4, 0.5) is 0 Å². The maximum atomic E-state index is 12.5. The Labute approximate surface area is 122 Å². The Morgan fingerprint density at radius 2 is 2.26 bits per heavy atom. The van der Waals surface area contributed by atoms with E-state index < -0.39 is 0 Å². The van der Waals surface area contributed by atoms with Gasteiger partial charge in [-0.15, -0.1) is 0 Å². The number of halogens is 1. The molecule has 5 heteroatoms. The first-order valence-electron chi connectivity index (χ1n) is 6.41. The lowest BCUT2D eigenvalue weighted by Crippen LogP contribution is -2.48. The summed E-state index contributed by atoms with van der Waals surface area (Å²) in [6.45, 7) is 3.52. The molecule has 2 N–H and O–H groups in total. The van der Waals surface area contributed by atoms with Crippen molar-refractivity contribution in [2.75, 3.05) is 20.2 Å². The number of benzene rings is 1. The Bertz CT molecular complexity index is 479. The molecule has 2 atom stereocenters. The monoisotopic (exact) mass is 326 g/mol. The summed E-state index contributed by atoms with van der Waals surface area (Å²) in [6.07, 6.45) is 0.856. The van der Waals surface area contributed by atoms with Crippen LogP contribution in [-0.2, 0) is 0 Å². The molecule has 0 aliphatic carbocycles. The average Bonchev–Trinajstić information content (AvgIpc) is 2.41. The van der Waals surface area contributed by atoms with Crippen molar-refractivity contribution in [2.24, 2.45) is 11.7 Å². The van der Waals surface area contributed by atoms with Gasteiger partial charge in [0.25, 0.3) is 5.91 Å². The standard InChI is InChI=1S/C14H19BrN2O2/c1-9-8-17(6-5-13(9)16)14(18)11-7-10(19-2)3-4-12(11)15/h3-4,7,9,13H,5-6,8,16H2,1-2H3. The number of methoxy groups -OCH3 is 1. The van der Waals surface area contributed by atoms with Crippen molar-refractivity contribution in [2.45, 2.75) is 19.4 Å². The third-order valence-corrected chi connectivity index (χ3v) is 4.35. The Kier molecular flexibility index (Phi) is 4.47. The van der Waals surface area contributed by atoms with Crippen molar-refractivity contribution in [3.63, 3.8) is 0 Å². The molecule has 0 aromatic heterocycles. The summed E-state index contributed by atoms with van der Waals surface area (Å²) >= 11 is 3.43. The van der Waals surface area contributed by atoms with E-state index in [-0.39, 0.29) is 11.9 Å². The number of nitrogens with zero attached hydrogens (tertiary/aromatic N) is 1. The summed E-state index contributed by atoms with van der Waals surface area (Å²) in [5.74, 6) is 1.06. The van der Waals surface area contributed by atoms with Gasteiger partial charge in [0.15, 0.2) is 0 Å². The highest BCUT2D eigenvalue weighted by molar-refractivity contribution is 9.10. The summed E-state index contributed by atoms with van der Waals surface area (Å²) in [7, 11) is 1.60. The minimum Gasteiger partial charge on any atom is -0.497 e. The first-order chi connectivity index (χ1) is 9.02. The van der Waals surface area contributed by atoms with Crippen LogP contribution in [0.1, 0.15) is 23.7 Å². The summed E-state index contributed by atoms with van der Waals surface area (Å²) in [5.41, 5.74) is 6.63. The molecule has 1 aliphatic heterocycles. The number of nitrogens with two attached hydrogens (primary N) is 1. The summed E-state index contributed by atoms with van der Waals surface area (Å²) in [4.78, 5) is 14.4. The fourth-order valence-electron chi connectivity index (χ4n) is 2.31. The molecular formula is C14H19BrN2O2. The number of ether oxygens (including phenoxy) is 1. The van der Waals surface area contributed by atoms with E-state index in [2.05, 4.69) is 22.9 Å². The summed E-state index contributed by atoms with van der Waals surface area (Å²) < 4.78 is 5.97. The van der Waals surface area contributed by atoms with Gasteiger partial charge in [0, 0.05) is 23.6 Å². The Balaban J connectivity index is 2.20. The second-order valence-corrected chi connectivity index (χ2v) is 5.88. The van der Waals surface area contributed by atoms with Gasteiger partial charge < -0.3 is 15.4 Å². The largest absolute Gasteiger partial charge is 0.497 e. The highest BCUT2D eigenvalue weighted by Gasteiger charge is 2.27. The van der Waals surface area contributed by atoms with Gasteiger partial charge >= 0.3 is 0 Å². The Hall–Kier alpha value is -1.07. The second-order valence-electron chi connectivity index (χ2n) is 5.03. The second kappa shape index (κ2) is 5.92. The van der Waals surface area contributed by atoms with E-state index in [9.17, 15) is 4.79 Å².